The van der Waals surface area contributed by atoms with Crippen LogP contribution in [-0.2, 0) is 20.9 Å². The molecule has 0 aliphatic heterocycles. The van der Waals surface area contributed by atoms with Crippen LogP contribution in [0.5, 0.6) is 0 Å². The van der Waals surface area contributed by atoms with E-state index in [4.69, 9.17) is 4.74 Å². The first kappa shape index (κ1) is 25.5. The van der Waals surface area contributed by atoms with E-state index in [2.05, 4.69) is 10.6 Å². The predicted octanol–water partition coefficient (Wildman–Crippen LogP) is 4.48. The summed E-state index contributed by atoms with van der Waals surface area (Å²) >= 11 is 0. The van der Waals surface area contributed by atoms with Crippen LogP contribution in [0.2, 0.25) is 0 Å². The highest BCUT2D eigenvalue weighted by Gasteiger charge is 2.27. The number of carboxylic acids is 1. The number of carbonyl (C=O) groups is 3. The molecule has 0 radical (unpaired) electrons. The molecule has 0 aliphatic carbocycles. The second-order valence-corrected chi connectivity index (χ2v) is 8.14. The van der Waals surface area contributed by atoms with Crippen LogP contribution in [-0.4, -0.2) is 35.7 Å². The van der Waals surface area contributed by atoms with Gasteiger partial charge < -0.3 is 20.5 Å². The molecule has 0 aromatic heterocycles. The Labute approximate surface area is 205 Å². The summed E-state index contributed by atoms with van der Waals surface area (Å²) in [4.78, 5) is 36.8. The molecule has 35 heavy (non-hydrogen) atoms. The average molecular weight is 475 g/mol. The molecule has 0 bridgehead atoms. The Bertz CT molecular complexity index is 1030. The number of amides is 2. The van der Waals surface area contributed by atoms with E-state index in [1.165, 1.54) is 0 Å². The molecule has 0 heterocycles. The molecule has 3 rings (SSSR count). The predicted molar refractivity (Wildman–Crippen MR) is 133 cm³/mol. The van der Waals surface area contributed by atoms with Crippen molar-refractivity contribution in [2.45, 2.75) is 37.8 Å². The minimum atomic E-state index is -1.09. The minimum Gasteiger partial charge on any atom is -0.480 e. The molecule has 0 saturated heterocycles. The zero-order chi connectivity index (χ0) is 24.9. The summed E-state index contributed by atoms with van der Waals surface area (Å²) in [6.45, 7) is 0.536. The van der Waals surface area contributed by atoms with Gasteiger partial charge >= 0.3 is 12.1 Å². The molecule has 0 saturated carbocycles. The molecule has 0 fully saturated rings. The van der Waals surface area contributed by atoms with Crippen molar-refractivity contribution in [3.8, 4) is 0 Å². The van der Waals surface area contributed by atoms with Gasteiger partial charge in [-0.15, -0.1) is 0 Å². The molecule has 3 aromatic carbocycles. The standard InChI is InChI=1S/C28H30N2O5/c31-26(25(22-14-6-2-7-15-22)23-16-8-3-9-17-23)30-24(27(32)33)18-10-11-19-29-28(34)35-20-21-12-4-1-5-13-21/h1-9,12-17,24-25H,10-11,18-20H2,(H,29,34)(H,30,31)(H,32,33). The van der Waals surface area contributed by atoms with Crippen molar-refractivity contribution in [3.63, 3.8) is 0 Å². The fourth-order valence-corrected chi connectivity index (χ4v) is 3.74. The maximum atomic E-state index is 13.2. The Balaban J connectivity index is 1.48. The number of nitrogens with one attached hydrogen (secondary N) is 2. The largest absolute Gasteiger partial charge is 0.480 e. The van der Waals surface area contributed by atoms with Crippen LogP contribution in [0.4, 0.5) is 4.79 Å². The molecule has 1 atom stereocenters. The molecular weight excluding hydrogens is 444 g/mol. The van der Waals surface area contributed by atoms with Gasteiger partial charge in [-0.1, -0.05) is 91.0 Å². The first-order chi connectivity index (χ1) is 17.0. The lowest BCUT2D eigenvalue weighted by atomic mass is 9.90. The zero-order valence-corrected chi connectivity index (χ0v) is 19.4. The maximum absolute atomic E-state index is 13.2. The Morgan fingerprint density at radius 3 is 1.86 bits per heavy atom. The number of hydrogen-bond acceptors (Lipinski definition) is 4. The van der Waals surface area contributed by atoms with Gasteiger partial charge in [-0.25, -0.2) is 9.59 Å². The van der Waals surface area contributed by atoms with Crippen molar-refractivity contribution in [3.05, 3.63) is 108 Å². The van der Waals surface area contributed by atoms with E-state index in [1.807, 2.05) is 91.0 Å². The minimum absolute atomic E-state index is 0.184. The fourth-order valence-electron chi connectivity index (χ4n) is 3.74. The summed E-state index contributed by atoms with van der Waals surface area (Å²) in [5.74, 6) is -2.06. The van der Waals surface area contributed by atoms with E-state index < -0.39 is 24.0 Å². The third-order valence-electron chi connectivity index (χ3n) is 5.54. The number of carbonyl (C=O) groups excluding carboxylic acids is 2. The number of benzene rings is 3. The Hall–Kier alpha value is -4.13. The van der Waals surface area contributed by atoms with Crippen LogP contribution in [0.1, 0.15) is 41.9 Å². The molecule has 182 valence electrons. The molecular formula is C28H30N2O5. The molecule has 7 heteroatoms. The number of hydrogen-bond donors (Lipinski definition) is 3. The lowest BCUT2D eigenvalue weighted by Gasteiger charge is -2.21. The first-order valence-corrected chi connectivity index (χ1v) is 11.6. The zero-order valence-electron chi connectivity index (χ0n) is 19.4. The quantitative estimate of drug-likeness (QED) is 0.336. The number of unbranched alkanes of at least 4 members (excludes halogenated alkanes) is 1. The average Bonchev–Trinajstić information content (AvgIpc) is 2.88. The van der Waals surface area contributed by atoms with Gasteiger partial charge in [-0.3, -0.25) is 4.79 Å². The van der Waals surface area contributed by atoms with E-state index in [0.717, 1.165) is 16.7 Å². The van der Waals surface area contributed by atoms with Gasteiger partial charge in [0.2, 0.25) is 5.91 Å². The summed E-state index contributed by atoms with van der Waals surface area (Å²) in [5.41, 5.74) is 2.48. The van der Waals surface area contributed by atoms with Gasteiger partial charge in [-0.2, -0.15) is 0 Å². The summed E-state index contributed by atoms with van der Waals surface area (Å²) in [6.07, 6.45) is 0.793. The van der Waals surface area contributed by atoms with Crippen LogP contribution in [0.25, 0.3) is 0 Å². The van der Waals surface area contributed by atoms with E-state index in [1.54, 1.807) is 0 Å². The molecule has 1 unspecified atom stereocenters. The summed E-state index contributed by atoms with van der Waals surface area (Å²) < 4.78 is 5.16. The highest BCUT2D eigenvalue weighted by atomic mass is 16.5. The SMILES string of the molecule is O=C(NCCCCC(NC(=O)C(c1ccccc1)c1ccccc1)C(=O)O)OCc1ccccc1. The molecule has 3 aromatic rings. The number of carboxylic acid groups (broad SMARTS) is 1. The maximum Gasteiger partial charge on any atom is 0.407 e. The summed E-state index contributed by atoms with van der Waals surface area (Å²) in [6, 6.07) is 26.9. The van der Waals surface area contributed by atoms with Crippen LogP contribution in [0, 0.1) is 0 Å². The van der Waals surface area contributed by atoms with Crippen LogP contribution < -0.4 is 10.6 Å². The molecule has 2 amide bonds. The number of alkyl carbamates (subject to hydrolysis) is 1. The Kier molecular flexibility index (Phi) is 9.87. The van der Waals surface area contributed by atoms with Crippen molar-refractivity contribution in [2.24, 2.45) is 0 Å². The van der Waals surface area contributed by atoms with Gasteiger partial charge in [0.25, 0.3) is 0 Å². The van der Waals surface area contributed by atoms with Gasteiger partial charge in [0.05, 0.1) is 5.92 Å². The molecule has 7 nitrogen and oxygen atoms in total. The smallest absolute Gasteiger partial charge is 0.407 e. The normalized spacial score (nSPS) is 11.5. The van der Waals surface area contributed by atoms with Crippen LogP contribution >= 0.6 is 0 Å². The lowest BCUT2D eigenvalue weighted by Crippen LogP contribution is -2.43. The summed E-state index contributed by atoms with van der Waals surface area (Å²) in [7, 11) is 0. The van der Waals surface area contributed by atoms with Crippen molar-refractivity contribution in [1.82, 2.24) is 10.6 Å². The van der Waals surface area contributed by atoms with Gasteiger partial charge in [0.1, 0.15) is 12.6 Å². The van der Waals surface area contributed by atoms with Crippen molar-refractivity contribution in [2.75, 3.05) is 6.54 Å². The van der Waals surface area contributed by atoms with Crippen LogP contribution in [0.15, 0.2) is 91.0 Å². The third-order valence-corrected chi connectivity index (χ3v) is 5.54. The highest BCUT2D eigenvalue weighted by molar-refractivity contribution is 5.90. The summed E-state index contributed by atoms with van der Waals surface area (Å²) in [5, 5.41) is 15.0. The number of aliphatic carboxylic acids is 1. The van der Waals surface area contributed by atoms with Gasteiger partial charge in [0, 0.05) is 6.54 Å². The second kappa shape index (κ2) is 13.5. The third kappa shape index (κ3) is 8.30. The van der Waals surface area contributed by atoms with Crippen molar-refractivity contribution < 1.29 is 24.2 Å². The first-order valence-electron chi connectivity index (χ1n) is 11.6. The number of ether oxygens (including phenoxy) is 1. The lowest BCUT2D eigenvalue weighted by molar-refractivity contribution is -0.142. The van der Waals surface area contributed by atoms with Gasteiger partial charge in [0.15, 0.2) is 0 Å². The topological polar surface area (TPSA) is 105 Å². The van der Waals surface area contributed by atoms with E-state index in [-0.39, 0.29) is 18.9 Å². The monoisotopic (exact) mass is 474 g/mol. The Morgan fingerprint density at radius 1 is 0.771 bits per heavy atom. The number of rotatable bonds is 12. The molecule has 0 aliphatic rings. The fraction of sp³-hybridized carbons (Fsp3) is 0.250. The molecule has 3 N–H and O–H groups in total. The van der Waals surface area contributed by atoms with Gasteiger partial charge in [-0.05, 0) is 36.0 Å². The highest BCUT2D eigenvalue weighted by Crippen LogP contribution is 2.25. The van der Waals surface area contributed by atoms with E-state index in [9.17, 15) is 19.5 Å². The Morgan fingerprint density at radius 2 is 1.31 bits per heavy atom. The molecule has 0 spiro atoms. The second-order valence-electron chi connectivity index (χ2n) is 8.14. The van der Waals surface area contributed by atoms with E-state index >= 15 is 0 Å². The van der Waals surface area contributed by atoms with Crippen molar-refractivity contribution >= 4 is 18.0 Å². The van der Waals surface area contributed by atoms with Crippen LogP contribution in [0.3, 0.4) is 0 Å². The van der Waals surface area contributed by atoms with Crippen molar-refractivity contribution in [1.29, 1.82) is 0 Å². The van der Waals surface area contributed by atoms with E-state index in [0.29, 0.717) is 19.4 Å².